The van der Waals surface area contributed by atoms with Gasteiger partial charge in [0.15, 0.2) is 11.3 Å². The van der Waals surface area contributed by atoms with E-state index < -0.39 is 5.97 Å². The van der Waals surface area contributed by atoms with E-state index in [0.29, 0.717) is 36.5 Å². The fourth-order valence-electron chi connectivity index (χ4n) is 2.05. The monoisotopic (exact) mass is 234 g/mol. The number of aromatic amines is 1. The third kappa shape index (κ3) is 1.57. The van der Waals surface area contributed by atoms with Gasteiger partial charge in [-0.15, -0.1) is 5.10 Å². The van der Waals surface area contributed by atoms with Crippen molar-refractivity contribution in [2.75, 3.05) is 18.0 Å². The maximum absolute atomic E-state index is 10.9. The molecular weight excluding hydrogens is 224 g/mol. The zero-order valence-electron chi connectivity index (χ0n) is 8.87. The molecule has 1 saturated heterocycles. The van der Waals surface area contributed by atoms with Gasteiger partial charge >= 0.3 is 5.97 Å². The third-order valence-corrected chi connectivity index (χ3v) is 2.94. The number of aromatic nitrogens is 5. The molecule has 8 nitrogen and oxygen atoms in total. The van der Waals surface area contributed by atoms with Gasteiger partial charge < -0.3 is 10.0 Å². The largest absolute Gasteiger partial charge is 0.481 e. The Morgan fingerprint density at radius 2 is 2.35 bits per heavy atom. The molecular formula is C9H10N6O2. The number of fused-ring (bicyclic) bond motifs is 1. The van der Waals surface area contributed by atoms with Crippen molar-refractivity contribution in [3.8, 4) is 0 Å². The highest BCUT2D eigenvalue weighted by atomic mass is 16.4. The molecule has 0 radical (unpaired) electrons. The summed E-state index contributed by atoms with van der Waals surface area (Å²) in [5.74, 6) is -0.461. The summed E-state index contributed by atoms with van der Waals surface area (Å²) in [6, 6.07) is 0. The second-order valence-corrected chi connectivity index (χ2v) is 3.96. The van der Waals surface area contributed by atoms with E-state index in [4.69, 9.17) is 5.11 Å². The molecule has 2 aromatic rings. The SMILES string of the molecule is O=C(O)C1CCN(c2ncnc3n[nH]nc23)C1. The molecule has 0 aliphatic carbocycles. The van der Waals surface area contributed by atoms with Crippen molar-refractivity contribution in [3.63, 3.8) is 0 Å². The van der Waals surface area contributed by atoms with Crippen LogP contribution in [0.3, 0.4) is 0 Å². The fourth-order valence-corrected chi connectivity index (χ4v) is 2.05. The van der Waals surface area contributed by atoms with Crippen LogP contribution in [-0.2, 0) is 4.79 Å². The number of carboxylic acid groups (broad SMARTS) is 1. The van der Waals surface area contributed by atoms with Gasteiger partial charge in [0.1, 0.15) is 6.33 Å². The van der Waals surface area contributed by atoms with Crippen molar-refractivity contribution in [2.45, 2.75) is 6.42 Å². The summed E-state index contributed by atoms with van der Waals surface area (Å²) in [6.07, 6.45) is 2.03. The highest BCUT2D eigenvalue weighted by Gasteiger charge is 2.30. The zero-order chi connectivity index (χ0) is 11.8. The minimum atomic E-state index is -0.766. The maximum atomic E-state index is 10.9. The first-order chi connectivity index (χ1) is 8.25. The average molecular weight is 234 g/mol. The normalized spacial score (nSPS) is 20.0. The summed E-state index contributed by atoms with van der Waals surface area (Å²) in [6.45, 7) is 1.12. The first-order valence-electron chi connectivity index (χ1n) is 5.25. The van der Waals surface area contributed by atoms with E-state index in [9.17, 15) is 4.79 Å². The molecule has 1 aliphatic rings. The van der Waals surface area contributed by atoms with Gasteiger partial charge in [-0.05, 0) is 6.42 Å². The lowest BCUT2D eigenvalue weighted by molar-refractivity contribution is -0.140. The standard InChI is InChI=1S/C9H10N6O2/c16-9(17)5-1-2-15(3-5)8-6-7(10-4-11-8)13-14-12-6/h4-5H,1-3H2,(H,16,17)(H,10,11,12,13,14). The zero-order valence-corrected chi connectivity index (χ0v) is 8.87. The number of anilines is 1. The lowest BCUT2D eigenvalue weighted by Crippen LogP contribution is -2.23. The smallest absolute Gasteiger partial charge is 0.308 e. The van der Waals surface area contributed by atoms with Gasteiger partial charge in [0.25, 0.3) is 0 Å². The van der Waals surface area contributed by atoms with E-state index in [2.05, 4.69) is 25.4 Å². The van der Waals surface area contributed by atoms with Crippen LogP contribution in [0.25, 0.3) is 11.2 Å². The van der Waals surface area contributed by atoms with Crippen molar-refractivity contribution in [1.29, 1.82) is 0 Å². The van der Waals surface area contributed by atoms with Crippen molar-refractivity contribution in [3.05, 3.63) is 6.33 Å². The highest BCUT2D eigenvalue weighted by Crippen LogP contribution is 2.25. The predicted molar refractivity (Wildman–Crippen MR) is 57.4 cm³/mol. The molecule has 0 bridgehead atoms. The van der Waals surface area contributed by atoms with Crippen molar-refractivity contribution >= 4 is 23.0 Å². The van der Waals surface area contributed by atoms with Crippen LogP contribution in [-0.4, -0.2) is 49.5 Å². The second-order valence-electron chi connectivity index (χ2n) is 3.96. The Bertz CT molecular complexity index is 567. The molecule has 1 fully saturated rings. The fraction of sp³-hybridized carbons (Fsp3) is 0.444. The third-order valence-electron chi connectivity index (χ3n) is 2.94. The Kier molecular flexibility index (Phi) is 2.13. The van der Waals surface area contributed by atoms with Gasteiger partial charge in [0.05, 0.1) is 5.92 Å². The second kappa shape index (κ2) is 3.65. The van der Waals surface area contributed by atoms with Gasteiger partial charge in [0, 0.05) is 13.1 Å². The van der Waals surface area contributed by atoms with Crippen LogP contribution in [0.1, 0.15) is 6.42 Å². The van der Waals surface area contributed by atoms with E-state index >= 15 is 0 Å². The van der Waals surface area contributed by atoms with Gasteiger partial charge in [0.2, 0.25) is 5.65 Å². The molecule has 0 aromatic carbocycles. The number of hydrogen-bond donors (Lipinski definition) is 2. The first-order valence-corrected chi connectivity index (χ1v) is 5.25. The molecule has 0 amide bonds. The Hall–Kier alpha value is -2.25. The van der Waals surface area contributed by atoms with E-state index in [0.717, 1.165) is 0 Å². The predicted octanol–water partition coefficient (Wildman–Crippen LogP) is -0.341. The van der Waals surface area contributed by atoms with Gasteiger partial charge in [-0.2, -0.15) is 10.3 Å². The number of carbonyl (C=O) groups is 1. The number of nitrogens with one attached hydrogen (secondary N) is 1. The molecule has 8 heteroatoms. The topological polar surface area (TPSA) is 108 Å². The average Bonchev–Trinajstić information content (AvgIpc) is 2.97. The van der Waals surface area contributed by atoms with Crippen molar-refractivity contribution < 1.29 is 9.90 Å². The molecule has 3 heterocycles. The minimum Gasteiger partial charge on any atom is -0.481 e. The molecule has 3 rings (SSSR count). The summed E-state index contributed by atoms with van der Waals surface area (Å²) in [7, 11) is 0. The quantitative estimate of drug-likeness (QED) is 0.731. The number of nitrogens with zero attached hydrogens (tertiary/aromatic N) is 5. The number of carboxylic acids is 1. The van der Waals surface area contributed by atoms with Crippen LogP contribution in [0.4, 0.5) is 5.82 Å². The molecule has 1 atom stereocenters. The molecule has 1 unspecified atom stereocenters. The van der Waals surface area contributed by atoms with E-state index in [-0.39, 0.29) is 5.92 Å². The van der Waals surface area contributed by atoms with E-state index in [1.165, 1.54) is 6.33 Å². The van der Waals surface area contributed by atoms with Crippen molar-refractivity contribution in [1.82, 2.24) is 25.4 Å². The van der Waals surface area contributed by atoms with E-state index in [1.54, 1.807) is 0 Å². The Balaban J connectivity index is 1.95. The number of hydrogen-bond acceptors (Lipinski definition) is 6. The first kappa shape index (κ1) is 9.94. The van der Waals surface area contributed by atoms with Gasteiger partial charge in [-0.1, -0.05) is 0 Å². The summed E-state index contributed by atoms with van der Waals surface area (Å²) in [5, 5.41) is 19.3. The summed E-state index contributed by atoms with van der Waals surface area (Å²) < 4.78 is 0. The Morgan fingerprint density at radius 1 is 1.47 bits per heavy atom. The lowest BCUT2D eigenvalue weighted by Gasteiger charge is -2.15. The minimum absolute atomic E-state index is 0.341. The molecule has 0 saturated carbocycles. The molecule has 1 aliphatic heterocycles. The van der Waals surface area contributed by atoms with Crippen molar-refractivity contribution in [2.24, 2.45) is 5.92 Å². The summed E-state index contributed by atoms with van der Waals surface area (Å²) in [5.41, 5.74) is 1.08. The molecule has 2 N–H and O–H groups in total. The van der Waals surface area contributed by atoms with Crippen LogP contribution < -0.4 is 4.90 Å². The van der Waals surface area contributed by atoms with Crippen LogP contribution in [0, 0.1) is 5.92 Å². The number of rotatable bonds is 2. The summed E-state index contributed by atoms with van der Waals surface area (Å²) in [4.78, 5) is 20.9. The molecule has 88 valence electrons. The Labute approximate surface area is 95.7 Å². The van der Waals surface area contributed by atoms with Crippen LogP contribution in [0.15, 0.2) is 6.33 Å². The van der Waals surface area contributed by atoms with Crippen LogP contribution in [0.2, 0.25) is 0 Å². The maximum Gasteiger partial charge on any atom is 0.308 e. The molecule has 17 heavy (non-hydrogen) atoms. The Morgan fingerprint density at radius 3 is 3.12 bits per heavy atom. The van der Waals surface area contributed by atoms with Gasteiger partial charge in [-0.3, -0.25) is 4.79 Å². The van der Waals surface area contributed by atoms with Crippen LogP contribution >= 0.6 is 0 Å². The van der Waals surface area contributed by atoms with E-state index in [1.807, 2.05) is 4.90 Å². The summed E-state index contributed by atoms with van der Waals surface area (Å²) >= 11 is 0. The number of H-pyrrole nitrogens is 1. The van der Waals surface area contributed by atoms with Crippen LogP contribution in [0.5, 0.6) is 0 Å². The van der Waals surface area contributed by atoms with Gasteiger partial charge in [-0.25, -0.2) is 9.97 Å². The number of aliphatic carboxylic acids is 1. The highest BCUT2D eigenvalue weighted by molar-refractivity contribution is 5.82. The molecule has 0 spiro atoms. The lowest BCUT2D eigenvalue weighted by atomic mass is 10.1. The molecule has 2 aromatic heterocycles.